The first-order valence-corrected chi connectivity index (χ1v) is 12.7. The molecule has 0 bridgehead atoms. The van der Waals surface area contributed by atoms with Crippen LogP contribution in [0.15, 0.2) is 42.6 Å². The van der Waals surface area contributed by atoms with Gasteiger partial charge in [-0.15, -0.1) is 0 Å². The van der Waals surface area contributed by atoms with Gasteiger partial charge in [-0.3, -0.25) is 9.88 Å². The van der Waals surface area contributed by atoms with E-state index in [9.17, 15) is 23.1 Å². The Morgan fingerprint density at radius 3 is 2.31 bits per heavy atom. The fourth-order valence-electron chi connectivity index (χ4n) is 5.32. The standard InChI is InChI=1S/C28H35F3N2O2.Na/c1-18(2)3-12-25(22-8-11-24(32-17-22)20-4-5-20)33-14-13-19(16-27(34)35)15-26(33)21-6-9-23(10-7-21)28(29,30)31;/h6-11,17-20,25-26H,3-5,12-16H2,1-2H3,(H,34,35);/q;+1/p-1/t19-,25-,26+;/m1./s1. The second kappa shape index (κ2) is 12.4. The van der Waals surface area contributed by atoms with Crippen LogP contribution in [0.3, 0.4) is 0 Å². The number of aromatic nitrogens is 1. The number of carbonyl (C=O) groups is 1. The molecule has 8 heteroatoms. The Bertz CT molecular complexity index is 991. The zero-order valence-corrected chi connectivity index (χ0v) is 23.4. The Morgan fingerprint density at radius 2 is 1.78 bits per heavy atom. The number of benzene rings is 1. The van der Waals surface area contributed by atoms with Crippen LogP contribution in [0.5, 0.6) is 0 Å². The van der Waals surface area contributed by atoms with Crippen molar-refractivity contribution in [2.45, 2.75) is 83.0 Å². The minimum atomic E-state index is -4.39. The summed E-state index contributed by atoms with van der Waals surface area (Å²) in [4.78, 5) is 18.4. The van der Waals surface area contributed by atoms with Crippen LogP contribution >= 0.6 is 0 Å². The number of rotatable bonds is 9. The average Bonchev–Trinajstić information content (AvgIpc) is 3.65. The summed E-state index contributed by atoms with van der Waals surface area (Å²) in [5.74, 6) is -0.0646. The van der Waals surface area contributed by atoms with E-state index in [0.29, 0.717) is 24.8 Å². The fourth-order valence-corrected chi connectivity index (χ4v) is 5.32. The van der Waals surface area contributed by atoms with Gasteiger partial charge >= 0.3 is 35.7 Å². The first-order valence-electron chi connectivity index (χ1n) is 12.7. The first kappa shape index (κ1) is 29.2. The van der Waals surface area contributed by atoms with E-state index in [1.165, 1.54) is 12.8 Å². The van der Waals surface area contributed by atoms with Crippen molar-refractivity contribution in [1.82, 2.24) is 9.88 Å². The summed E-state index contributed by atoms with van der Waals surface area (Å²) in [6, 6.07) is 9.53. The van der Waals surface area contributed by atoms with Crippen LogP contribution in [0.2, 0.25) is 0 Å². The largest absolute Gasteiger partial charge is 1.00 e. The van der Waals surface area contributed by atoms with Crippen LogP contribution < -0.4 is 34.7 Å². The van der Waals surface area contributed by atoms with Gasteiger partial charge < -0.3 is 9.90 Å². The number of halogens is 3. The molecule has 190 valence electrons. The number of hydrogen-bond acceptors (Lipinski definition) is 4. The van der Waals surface area contributed by atoms with E-state index in [4.69, 9.17) is 4.98 Å². The molecule has 4 rings (SSSR count). The summed E-state index contributed by atoms with van der Waals surface area (Å²) in [5, 5.41) is 11.3. The van der Waals surface area contributed by atoms with E-state index in [1.54, 1.807) is 12.1 Å². The molecule has 0 amide bonds. The number of pyridine rings is 1. The Labute approximate surface area is 234 Å². The van der Waals surface area contributed by atoms with Crippen LogP contribution in [0, 0.1) is 11.8 Å². The van der Waals surface area contributed by atoms with Crippen molar-refractivity contribution in [2.75, 3.05) is 6.54 Å². The van der Waals surface area contributed by atoms with Gasteiger partial charge in [0.05, 0.1) is 5.56 Å². The molecule has 2 aliphatic rings. The number of carboxylic acids is 1. The van der Waals surface area contributed by atoms with Crippen LogP contribution in [0.25, 0.3) is 0 Å². The summed E-state index contributed by atoms with van der Waals surface area (Å²) in [6.45, 7) is 5.05. The number of carboxylic acid groups (broad SMARTS) is 1. The average molecular weight is 511 g/mol. The summed E-state index contributed by atoms with van der Waals surface area (Å²) < 4.78 is 39.5. The first-order chi connectivity index (χ1) is 16.6. The summed E-state index contributed by atoms with van der Waals surface area (Å²) in [5.41, 5.74) is 2.36. The Hall–Kier alpha value is -1.41. The van der Waals surface area contributed by atoms with Crippen molar-refractivity contribution in [3.05, 3.63) is 65.0 Å². The second-order valence-electron chi connectivity index (χ2n) is 10.6. The van der Waals surface area contributed by atoms with Crippen molar-refractivity contribution in [1.29, 1.82) is 0 Å². The molecule has 1 aliphatic heterocycles. The molecule has 0 radical (unpaired) electrons. The summed E-state index contributed by atoms with van der Waals surface area (Å²) in [7, 11) is 0. The molecule has 2 aromatic rings. The smallest absolute Gasteiger partial charge is 0.550 e. The van der Waals surface area contributed by atoms with Gasteiger partial charge in [0.25, 0.3) is 0 Å². The third kappa shape index (κ3) is 7.56. The summed E-state index contributed by atoms with van der Waals surface area (Å²) in [6.07, 6.45) is 3.13. The second-order valence-corrected chi connectivity index (χ2v) is 10.6. The maximum Gasteiger partial charge on any atom is 1.00 e. The van der Waals surface area contributed by atoms with Gasteiger partial charge in [-0.05, 0) is 92.7 Å². The van der Waals surface area contributed by atoms with E-state index < -0.39 is 17.7 Å². The summed E-state index contributed by atoms with van der Waals surface area (Å²) >= 11 is 0. The van der Waals surface area contributed by atoms with Crippen LogP contribution in [0.4, 0.5) is 13.2 Å². The number of carbonyl (C=O) groups excluding carboxylic acids is 1. The molecule has 36 heavy (non-hydrogen) atoms. The Balaban J connectivity index is 0.00000361. The molecule has 1 aliphatic carbocycles. The van der Waals surface area contributed by atoms with Crippen molar-refractivity contribution in [3.8, 4) is 0 Å². The monoisotopic (exact) mass is 510 g/mol. The van der Waals surface area contributed by atoms with E-state index in [-0.39, 0.29) is 54.0 Å². The normalized spacial score (nSPS) is 21.7. The van der Waals surface area contributed by atoms with Gasteiger partial charge in [0, 0.05) is 35.9 Å². The molecule has 1 aromatic heterocycles. The minimum absolute atomic E-state index is 0. The van der Waals surface area contributed by atoms with E-state index >= 15 is 0 Å². The third-order valence-electron chi connectivity index (χ3n) is 7.44. The Kier molecular flexibility index (Phi) is 10.1. The number of piperidine rings is 1. The maximum absolute atomic E-state index is 13.2. The molecular formula is C28H34F3N2NaO2. The van der Waals surface area contributed by atoms with Gasteiger partial charge in [0.1, 0.15) is 0 Å². The number of alkyl halides is 3. The van der Waals surface area contributed by atoms with Gasteiger partial charge in [-0.25, -0.2) is 0 Å². The molecule has 4 nitrogen and oxygen atoms in total. The van der Waals surface area contributed by atoms with Gasteiger partial charge in [0.2, 0.25) is 0 Å². The Morgan fingerprint density at radius 1 is 1.08 bits per heavy atom. The van der Waals surface area contributed by atoms with Crippen molar-refractivity contribution in [2.24, 2.45) is 11.8 Å². The number of hydrogen-bond donors (Lipinski definition) is 0. The van der Waals surface area contributed by atoms with Crippen molar-refractivity contribution >= 4 is 5.97 Å². The van der Waals surface area contributed by atoms with Gasteiger partial charge in [0.15, 0.2) is 0 Å². The zero-order chi connectivity index (χ0) is 25.2. The number of aliphatic carboxylic acids is 1. The van der Waals surface area contributed by atoms with E-state index in [2.05, 4.69) is 30.9 Å². The predicted octanol–water partition coefficient (Wildman–Crippen LogP) is 3.05. The van der Waals surface area contributed by atoms with Crippen molar-refractivity contribution < 1.29 is 52.6 Å². The van der Waals surface area contributed by atoms with Crippen LogP contribution in [-0.2, 0) is 11.0 Å². The van der Waals surface area contributed by atoms with E-state index in [1.807, 2.05) is 6.20 Å². The molecule has 1 saturated heterocycles. The third-order valence-corrected chi connectivity index (χ3v) is 7.44. The molecule has 2 heterocycles. The van der Waals surface area contributed by atoms with Crippen LogP contribution in [-0.4, -0.2) is 22.4 Å². The molecule has 2 fully saturated rings. The molecule has 1 saturated carbocycles. The molecule has 0 spiro atoms. The molecular weight excluding hydrogens is 476 g/mol. The molecule has 3 atom stereocenters. The molecule has 0 unspecified atom stereocenters. The number of likely N-dealkylation sites (tertiary alicyclic amines) is 1. The van der Waals surface area contributed by atoms with Gasteiger partial charge in [-0.1, -0.05) is 32.0 Å². The molecule has 1 aromatic carbocycles. The fraction of sp³-hybridized carbons (Fsp3) is 0.571. The predicted molar refractivity (Wildman–Crippen MR) is 126 cm³/mol. The van der Waals surface area contributed by atoms with Crippen LogP contribution in [0.1, 0.15) is 99.2 Å². The topological polar surface area (TPSA) is 56.3 Å². The zero-order valence-electron chi connectivity index (χ0n) is 21.4. The quantitative estimate of drug-likeness (QED) is 0.487. The maximum atomic E-state index is 13.2. The minimum Gasteiger partial charge on any atom is -0.550 e. The number of nitrogens with zero attached hydrogens (tertiary/aromatic N) is 2. The SMILES string of the molecule is CC(C)CC[C@H](c1ccc(C2CC2)nc1)N1CC[C@@H](CC(=O)[O-])C[C@H]1c1ccc(C(F)(F)F)cc1.[Na+]. The van der Waals surface area contributed by atoms with Crippen molar-refractivity contribution in [3.63, 3.8) is 0 Å². The van der Waals surface area contributed by atoms with Gasteiger partial charge in [-0.2, -0.15) is 13.2 Å². The van der Waals surface area contributed by atoms with E-state index in [0.717, 1.165) is 48.2 Å². The molecule has 0 N–H and O–H groups in total.